The van der Waals surface area contributed by atoms with Gasteiger partial charge in [0.25, 0.3) is 0 Å². The summed E-state index contributed by atoms with van der Waals surface area (Å²) in [5.74, 6) is 0. The normalized spacial score (nSPS) is 43.8. The van der Waals surface area contributed by atoms with Crippen molar-refractivity contribution < 1.29 is 29.5 Å². The maximum Gasteiger partial charge on any atom is 0.241 e. The monoisotopic (exact) mass is 308 g/mol. The summed E-state index contributed by atoms with van der Waals surface area (Å²) in [6, 6.07) is 0. The number of hydrogen-bond acceptors (Lipinski definition) is 6. The Labute approximate surface area is 112 Å². The first-order valence-electron chi connectivity index (χ1n) is 4.84. The Morgan fingerprint density at radius 2 is 1.82 bits per heavy atom. The molecule has 2 aliphatic rings. The molecule has 0 radical (unpaired) electrons. The van der Waals surface area contributed by atoms with Crippen molar-refractivity contribution in [2.75, 3.05) is 6.61 Å². The largest absolute Gasteiger partial charge is 0.394 e. The van der Waals surface area contributed by atoms with E-state index in [0.717, 1.165) is 0 Å². The number of hydrogen-bond donors (Lipinski definition) is 3. The van der Waals surface area contributed by atoms with E-state index in [4.69, 9.17) is 54.1 Å². The highest BCUT2D eigenvalue weighted by Gasteiger charge is 2.57. The van der Waals surface area contributed by atoms with Crippen LogP contribution >= 0.6 is 34.8 Å². The average molecular weight is 310 g/mol. The van der Waals surface area contributed by atoms with Gasteiger partial charge in [-0.05, 0) is 0 Å². The van der Waals surface area contributed by atoms with Crippen LogP contribution in [0.4, 0.5) is 0 Å². The molecular weight excluding hydrogens is 298 g/mol. The number of halogens is 3. The SMILES string of the molecule is OC[C@@H](O)[C@H]1O[C@H]2O[C@H](C(Cl)(Cl)Cl)O[C@@H]2[C@H]1O. The highest BCUT2D eigenvalue weighted by atomic mass is 35.6. The third-order valence-electron chi connectivity index (χ3n) is 2.60. The Bertz CT molecular complexity index is 285. The topological polar surface area (TPSA) is 88.4 Å². The smallest absolute Gasteiger partial charge is 0.241 e. The second-order valence-electron chi connectivity index (χ2n) is 3.82. The van der Waals surface area contributed by atoms with Crippen molar-refractivity contribution in [1.82, 2.24) is 0 Å². The summed E-state index contributed by atoms with van der Waals surface area (Å²) < 4.78 is 13.8. The molecular formula is C8H11Cl3O6. The van der Waals surface area contributed by atoms with Gasteiger partial charge in [0.2, 0.25) is 10.1 Å². The van der Waals surface area contributed by atoms with E-state index in [1.807, 2.05) is 0 Å². The van der Waals surface area contributed by atoms with E-state index in [1.54, 1.807) is 0 Å². The van der Waals surface area contributed by atoms with Crippen LogP contribution in [-0.2, 0) is 14.2 Å². The van der Waals surface area contributed by atoms with Crippen LogP contribution in [0.2, 0.25) is 0 Å². The van der Waals surface area contributed by atoms with Crippen molar-refractivity contribution in [2.24, 2.45) is 0 Å². The van der Waals surface area contributed by atoms with E-state index >= 15 is 0 Å². The fourth-order valence-corrected chi connectivity index (χ4v) is 2.10. The lowest BCUT2D eigenvalue weighted by Crippen LogP contribution is -2.42. The van der Waals surface area contributed by atoms with E-state index in [2.05, 4.69) is 0 Å². The number of ether oxygens (including phenoxy) is 3. The molecule has 0 unspecified atom stereocenters. The number of fused-ring (bicyclic) bond motifs is 1. The molecule has 3 N–H and O–H groups in total. The third-order valence-corrected chi connectivity index (χ3v) is 3.14. The van der Waals surface area contributed by atoms with Gasteiger partial charge in [0.15, 0.2) is 6.29 Å². The van der Waals surface area contributed by atoms with Crippen molar-refractivity contribution in [1.29, 1.82) is 0 Å². The Morgan fingerprint density at radius 1 is 1.18 bits per heavy atom. The van der Waals surface area contributed by atoms with Gasteiger partial charge in [-0.15, -0.1) is 0 Å². The predicted octanol–water partition coefficient (Wildman–Crippen LogP) is -0.463. The van der Waals surface area contributed by atoms with Gasteiger partial charge < -0.3 is 29.5 Å². The minimum atomic E-state index is -1.79. The van der Waals surface area contributed by atoms with Gasteiger partial charge in [-0.25, -0.2) is 0 Å². The maximum absolute atomic E-state index is 9.81. The molecule has 0 aliphatic carbocycles. The van der Waals surface area contributed by atoms with Crippen LogP contribution in [0.15, 0.2) is 0 Å². The zero-order chi connectivity index (χ0) is 12.8. The van der Waals surface area contributed by atoms with E-state index in [0.29, 0.717) is 0 Å². The van der Waals surface area contributed by atoms with Crippen molar-refractivity contribution in [3.05, 3.63) is 0 Å². The van der Waals surface area contributed by atoms with Crippen LogP contribution < -0.4 is 0 Å². The Kier molecular flexibility index (Phi) is 4.10. The first-order valence-corrected chi connectivity index (χ1v) is 5.98. The summed E-state index contributed by atoms with van der Waals surface area (Å²) in [5.41, 5.74) is 0. The summed E-state index contributed by atoms with van der Waals surface area (Å²) in [6.07, 6.45) is -6.33. The minimum Gasteiger partial charge on any atom is -0.394 e. The molecule has 2 heterocycles. The molecule has 6 atom stereocenters. The fourth-order valence-electron chi connectivity index (χ4n) is 1.79. The first-order chi connectivity index (χ1) is 7.84. The molecule has 0 spiro atoms. The van der Waals surface area contributed by atoms with Gasteiger partial charge in [-0.3, -0.25) is 0 Å². The quantitative estimate of drug-likeness (QED) is 0.598. The highest BCUT2D eigenvalue weighted by molar-refractivity contribution is 6.67. The van der Waals surface area contributed by atoms with Gasteiger partial charge >= 0.3 is 0 Å². The average Bonchev–Trinajstić information content (AvgIpc) is 2.77. The molecule has 0 amide bonds. The molecule has 0 aromatic rings. The molecule has 2 rings (SSSR count). The summed E-state index contributed by atoms with van der Waals surface area (Å²) >= 11 is 16.7. The fraction of sp³-hybridized carbons (Fsp3) is 1.00. The van der Waals surface area contributed by atoms with Gasteiger partial charge in [-0.2, -0.15) is 0 Å². The maximum atomic E-state index is 9.81. The van der Waals surface area contributed by atoms with E-state index < -0.39 is 47.4 Å². The summed E-state index contributed by atoms with van der Waals surface area (Å²) in [4.78, 5) is 0. The molecule has 0 aromatic heterocycles. The second kappa shape index (κ2) is 4.96. The van der Waals surface area contributed by atoms with Gasteiger partial charge in [0.05, 0.1) is 6.61 Å². The highest BCUT2D eigenvalue weighted by Crippen LogP contribution is 2.42. The van der Waals surface area contributed by atoms with Crippen molar-refractivity contribution in [3.63, 3.8) is 0 Å². The molecule has 2 saturated heterocycles. The van der Waals surface area contributed by atoms with Crippen LogP contribution in [0, 0.1) is 0 Å². The second-order valence-corrected chi connectivity index (χ2v) is 6.19. The molecule has 17 heavy (non-hydrogen) atoms. The molecule has 2 aliphatic heterocycles. The lowest BCUT2D eigenvalue weighted by Gasteiger charge is -2.24. The standard InChI is InChI=1S/C8H11Cl3O6/c9-8(10,11)7-16-5-3(14)4(2(13)1-12)15-6(5)17-7/h2-7,12-14H,1H2/t2-,3+,4-,5-,6+,7-/m1/s1. The lowest BCUT2D eigenvalue weighted by molar-refractivity contribution is -0.188. The summed E-state index contributed by atoms with van der Waals surface area (Å²) in [7, 11) is 0. The molecule has 9 heteroatoms. The van der Waals surface area contributed by atoms with Crippen LogP contribution in [0.3, 0.4) is 0 Å². The molecule has 2 fully saturated rings. The lowest BCUT2D eigenvalue weighted by atomic mass is 10.1. The van der Waals surface area contributed by atoms with E-state index in [9.17, 15) is 10.2 Å². The van der Waals surface area contributed by atoms with E-state index in [-0.39, 0.29) is 0 Å². The van der Waals surface area contributed by atoms with Crippen LogP contribution in [0.1, 0.15) is 0 Å². The number of alkyl halides is 3. The summed E-state index contributed by atoms with van der Waals surface area (Å²) in [6.45, 7) is -0.547. The molecule has 0 aromatic carbocycles. The number of aliphatic hydroxyl groups excluding tert-OH is 3. The Hall–Kier alpha value is 0.630. The van der Waals surface area contributed by atoms with Crippen molar-refractivity contribution >= 4 is 34.8 Å². The summed E-state index contributed by atoms with van der Waals surface area (Å²) in [5, 5.41) is 28.0. The zero-order valence-electron chi connectivity index (χ0n) is 8.37. The minimum absolute atomic E-state index is 0.547. The first kappa shape index (κ1) is 14.0. The number of rotatable bonds is 2. The molecule has 100 valence electrons. The zero-order valence-corrected chi connectivity index (χ0v) is 10.6. The van der Waals surface area contributed by atoms with Gasteiger partial charge in [0, 0.05) is 0 Å². The van der Waals surface area contributed by atoms with Crippen LogP contribution in [-0.4, -0.2) is 62.7 Å². The predicted molar refractivity (Wildman–Crippen MR) is 57.8 cm³/mol. The van der Waals surface area contributed by atoms with Crippen molar-refractivity contribution in [2.45, 2.75) is 40.8 Å². The van der Waals surface area contributed by atoms with Gasteiger partial charge in [-0.1, -0.05) is 34.8 Å². The van der Waals surface area contributed by atoms with Crippen LogP contribution in [0.5, 0.6) is 0 Å². The number of aliphatic hydroxyl groups is 3. The van der Waals surface area contributed by atoms with Crippen molar-refractivity contribution in [3.8, 4) is 0 Å². The molecule has 0 bridgehead atoms. The Morgan fingerprint density at radius 3 is 2.29 bits per heavy atom. The third kappa shape index (κ3) is 2.65. The van der Waals surface area contributed by atoms with E-state index in [1.165, 1.54) is 0 Å². The molecule has 6 nitrogen and oxygen atoms in total. The Balaban J connectivity index is 2.01. The molecule has 0 saturated carbocycles. The van der Waals surface area contributed by atoms with Gasteiger partial charge in [0.1, 0.15) is 24.4 Å². The van der Waals surface area contributed by atoms with Crippen LogP contribution in [0.25, 0.3) is 0 Å².